The SMILES string of the molecule is CCCN(C(=O)c1cccc(N)c1)C1CC1. The molecule has 1 aromatic carbocycles. The third-order valence-electron chi connectivity index (χ3n) is 2.85. The Morgan fingerprint density at radius 3 is 2.81 bits per heavy atom. The number of carbonyl (C=O) groups excluding carboxylic acids is 1. The number of rotatable bonds is 4. The number of amides is 1. The van der Waals surface area contributed by atoms with E-state index in [1.807, 2.05) is 17.0 Å². The fourth-order valence-electron chi connectivity index (χ4n) is 1.91. The highest BCUT2D eigenvalue weighted by atomic mass is 16.2. The van der Waals surface area contributed by atoms with Gasteiger partial charge in [-0.25, -0.2) is 0 Å². The van der Waals surface area contributed by atoms with Crippen LogP contribution in [0.3, 0.4) is 0 Å². The second-order valence-corrected chi connectivity index (χ2v) is 4.36. The van der Waals surface area contributed by atoms with E-state index >= 15 is 0 Å². The Hall–Kier alpha value is -1.51. The first-order chi connectivity index (χ1) is 7.72. The molecule has 2 rings (SSSR count). The van der Waals surface area contributed by atoms with Crippen molar-refractivity contribution in [2.75, 3.05) is 12.3 Å². The Balaban J connectivity index is 2.15. The number of nitrogens with two attached hydrogens (primary N) is 1. The second kappa shape index (κ2) is 4.56. The zero-order chi connectivity index (χ0) is 11.5. The molecule has 0 bridgehead atoms. The summed E-state index contributed by atoms with van der Waals surface area (Å²) in [6.45, 7) is 2.94. The van der Waals surface area contributed by atoms with Crippen molar-refractivity contribution in [1.29, 1.82) is 0 Å². The Labute approximate surface area is 96.2 Å². The summed E-state index contributed by atoms with van der Waals surface area (Å²) in [5.41, 5.74) is 7.05. The summed E-state index contributed by atoms with van der Waals surface area (Å²) in [5.74, 6) is 0.122. The molecule has 0 saturated heterocycles. The van der Waals surface area contributed by atoms with Gasteiger partial charge in [-0.2, -0.15) is 0 Å². The summed E-state index contributed by atoms with van der Waals surface area (Å²) >= 11 is 0. The molecule has 2 N–H and O–H groups in total. The number of hydrogen-bond donors (Lipinski definition) is 1. The van der Waals surface area contributed by atoms with Gasteiger partial charge in [-0.1, -0.05) is 13.0 Å². The predicted molar refractivity (Wildman–Crippen MR) is 65.2 cm³/mol. The molecular formula is C13H18N2O. The van der Waals surface area contributed by atoms with Gasteiger partial charge >= 0.3 is 0 Å². The zero-order valence-corrected chi connectivity index (χ0v) is 9.65. The molecule has 1 amide bonds. The topological polar surface area (TPSA) is 46.3 Å². The lowest BCUT2D eigenvalue weighted by Crippen LogP contribution is -2.33. The maximum atomic E-state index is 12.2. The van der Waals surface area contributed by atoms with Crippen molar-refractivity contribution in [3.8, 4) is 0 Å². The summed E-state index contributed by atoms with van der Waals surface area (Å²) in [6.07, 6.45) is 3.30. The minimum Gasteiger partial charge on any atom is -0.399 e. The van der Waals surface area contributed by atoms with Crippen molar-refractivity contribution in [3.05, 3.63) is 29.8 Å². The van der Waals surface area contributed by atoms with Gasteiger partial charge < -0.3 is 10.6 Å². The normalized spacial score (nSPS) is 14.8. The van der Waals surface area contributed by atoms with E-state index < -0.39 is 0 Å². The largest absolute Gasteiger partial charge is 0.399 e. The molecule has 0 radical (unpaired) electrons. The van der Waals surface area contributed by atoms with Crippen molar-refractivity contribution >= 4 is 11.6 Å². The molecule has 1 fully saturated rings. The molecular weight excluding hydrogens is 200 g/mol. The summed E-state index contributed by atoms with van der Waals surface area (Å²) < 4.78 is 0. The molecule has 0 spiro atoms. The standard InChI is InChI=1S/C13H18N2O/c1-2-8-15(12-6-7-12)13(16)10-4-3-5-11(14)9-10/h3-5,9,12H,2,6-8,14H2,1H3. The lowest BCUT2D eigenvalue weighted by Gasteiger charge is -2.21. The summed E-state index contributed by atoms with van der Waals surface area (Å²) in [7, 11) is 0. The van der Waals surface area contributed by atoms with Gasteiger partial charge in [0.2, 0.25) is 0 Å². The molecule has 1 saturated carbocycles. The number of nitrogen functional groups attached to an aromatic ring is 1. The van der Waals surface area contributed by atoms with E-state index in [0.717, 1.165) is 25.8 Å². The van der Waals surface area contributed by atoms with Crippen molar-refractivity contribution in [1.82, 2.24) is 4.90 Å². The van der Waals surface area contributed by atoms with Crippen molar-refractivity contribution in [2.24, 2.45) is 0 Å². The van der Waals surface area contributed by atoms with Crippen molar-refractivity contribution in [3.63, 3.8) is 0 Å². The molecule has 1 aliphatic rings. The lowest BCUT2D eigenvalue weighted by molar-refractivity contribution is 0.0743. The van der Waals surface area contributed by atoms with Crippen LogP contribution in [0.1, 0.15) is 36.5 Å². The van der Waals surface area contributed by atoms with Crippen LogP contribution in [-0.2, 0) is 0 Å². The first kappa shape index (κ1) is 11.0. The predicted octanol–water partition coefficient (Wildman–Crippen LogP) is 2.28. The molecule has 0 aliphatic heterocycles. The van der Waals surface area contributed by atoms with Gasteiger partial charge in [-0.05, 0) is 37.5 Å². The third-order valence-corrected chi connectivity index (χ3v) is 2.85. The molecule has 3 nitrogen and oxygen atoms in total. The van der Waals surface area contributed by atoms with Gasteiger partial charge in [0.1, 0.15) is 0 Å². The average Bonchev–Trinajstić information content (AvgIpc) is 3.09. The summed E-state index contributed by atoms with van der Waals surface area (Å²) in [5, 5.41) is 0. The van der Waals surface area contributed by atoms with E-state index in [2.05, 4.69) is 6.92 Å². The van der Waals surface area contributed by atoms with Gasteiger partial charge in [0.15, 0.2) is 0 Å². The van der Waals surface area contributed by atoms with E-state index in [1.165, 1.54) is 0 Å². The Morgan fingerprint density at radius 2 is 2.25 bits per heavy atom. The van der Waals surface area contributed by atoms with Crippen LogP contribution < -0.4 is 5.73 Å². The smallest absolute Gasteiger partial charge is 0.254 e. The van der Waals surface area contributed by atoms with Crippen LogP contribution in [-0.4, -0.2) is 23.4 Å². The van der Waals surface area contributed by atoms with Crippen LogP contribution in [0.2, 0.25) is 0 Å². The highest BCUT2D eigenvalue weighted by Gasteiger charge is 2.32. The molecule has 86 valence electrons. The number of benzene rings is 1. The van der Waals surface area contributed by atoms with Crippen molar-refractivity contribution in [2.45, 2.75) is 32.2 Å². The van der Waals surface area contributed by atoms with Gasteiger partial charge in [0.05, 0.1) is 0 Å². The Bertz CT molecular complexity index is 385. The maximum absolute atomic E-state index is 12.2. The van der Waals surface area contributed by atoms with Gasteiger partial charge in [0.25, 0.3) is 5.91 Å². The molecule has 1 aromatic rings. The molecule has 0 aromatic heterocycles. The number of anilines is 1. The van der Waals surface area contributed by atoms with Crippen LogP contribution in [0.5, 0.6) is 0 Å². The number of carbonyl (C=O) groups is 1. The Morgan fingerprint density at radius 1 is 1.50 bits per heavy atom. The fourth-order valence-corrected chi connectivity index (χ4v) is 1.91. The van der Waals surface area contributed by atoms with Crippen LogP contribution in [0.15, 0.2) is 24.3 Å². The van der Waals surface area contributed by atoms with Gasteiger partial charge in [-0.15, -0.1) is 0 Å². The first-order valence-corrected chi connectivity index (χ1v) is 5.89. The molecule has 0 atom stereocenters. The summed E-state index contributed by atoms with van der Waals surface area (Å²) in [6, 6.07) is 7.70. The van der Waals surface area contributed by atoms with Gasteiger partial charge in [-0.3, -0.25) is 4.79 Å². The minimum atomic E-state index is 0.122. The highest BCUT2D eigenvalue weighted by Crippen LogP contribution is 2.28. The lowest BCUT2D eigenvalue weighted by atomic mass is 10.1. The monoisotopic (exact) mass is 218 g/mol. The molecule has 0 heterocycles. The van der Waals surface area contributed by atoms with E-state index in [4.69, 9.17) is 5.73 Å². The third kappa shape index (κ3) is 2.35. The second-order valence-electron chi connectivity index (χ2n) is 4.36. The van der Waals surface area contributed by atoms with Crippen LogP contribution in [0.25, 0.3) is 0 Å². The van der Waals surface area contributed by atoms with E-state index in [-0.39, 0.29) is 5.91 Å². The quantitative estimate of drug-likeness (QED) is 0.788. The molecule has 3 heteroatoms. The van der Waals surface area contributed by atoms with Crippen molar-refractivity contribution < 1.29 is 4.79 Å². The average molecular weight is 218 g/mol. The van der Waals surface area contributed by atoms with Crippen LogP contribution in [0.4, 0.5) is 5.69 Å². The fraction of sp³-hybridized carbons (Fsp3) is 0.462. The summed E-state index contributed by atoms with van der Waals surface area (Å²) in [4.78, 5) is 14.2. The number of nitrogens with zero attached hydrogens (tertiary/aromatic N) is 1. The van der Waals surface area contributed by atoms with E-state index in [9.17, 15) is 4.79 Å². The zero-order valence-electron chi connectivity index (χ0n) is 9.65. The highest BCUT2D eigenvalue weighted by molar-refractivity contribution is 5.95. The molecule has 16 heavy (non-hydrogen) atoms. The molecule has 1 aliphatic carbocycles. The van der Waals surface area contributed by atoms with E-state index in [1.54, 1.807) is 12.1 Å². The van der Waals surface area contributed by atoms with Crippen LogP contribution in [0, 0.1) is 0 Å². The first-order valence-electron chi connectivity index (χ1n) is 5.89. The van der Waals surface area contributed by atoms with Gasteiger partial charge in [0, 0.05) is 23.8 Å². The number of hydrogen-bond acceptors (Lipinski definition) is 2. The van der Waals surface area contributed by atoms with Crippen LogP contribution >= 0.6 is 0 Å². The van der Waals surface area contributed by atoms with E-state index in [0.29, 0.717) is 17.3 Å². The minimum absolute atomic E-state index is 0.122. The molecule has 0 unspecified atom stereocenters. The maximum Gasteiger partial charge on any atom is 0.254 e. The Kier molecular flexibility index (Phi) is 3.13.